The second kappa shape index (κ2) is 4.43. The van der Waals surface area contributed by atoms with E-state index in [4.69, 9.17) is 5.11 Å². The van der Waals surface area contributed by atoms with E-state index in [-0.39, 0.29) is 12.0 Å². The predicted octanol–water partition coefficient (Wildman–Crippen LogP) is 0.133. The van der Waals surface area contributed by atoms with Gasteiger partial charge in [0.05, 0.1) is 0 Å². The molecule has 0 heterocycles. The largest absolute Gasteiger partial charge is 0.464 e. The summed E-state index contributed by atoms with van der Waals surface area (Å²) in [6, 6.07) is -0.308. The van der Waals surface area contributed by atoms with E-state index < -0.39 is 16.3 Å². The first-order valence-corrected chi connectivity index (χ1v) is 5.26. The summed E-state index contributed by atoms with van der Waals surface area (Å²) < 4.78 is 25.5. The first-order chi connectivity index (χ1) is 5.74. The van der Waals surface area contributed by atoms with Gasteiger partial charge in [0.25, 0.3) is 0 Å². The number of carboxylic acid groups (broad SMARTS) is 1. The third-order valence-corrected chi connectivity index (χ3v) is 2.69. The lowest BCUT2D eigenvalue weighted by atomic mass is 10.1. The van der Waals surface area contributed by atoms with E-state index in [0.29, 0.717) is 0 Å². The maximum atomic E-state index is 11.0. The molecule has 0 aromatic rings. The molecule has 1 amide bonds. The van der Waals surface area contributed by atoms with Crippen LogP contribution in [0.2, 0.25) is 0 Å². The molecule has 0 aliphatic heterocycles. The van der Waals surface area contributed by atoms with E-state index in [1.807, 2.05) is 13.8 Å². The molecule has 0 fully saturated rings. The Labute approximate surface area is 77.5 Å². The standard InChI is InChI=1S/C6H14N2O4S/c1-4(2)5(3)7-13(11,12)8-6(9)10/h4-5,7-8H,1-3H3,(H,9,10). The number of hydrogen-bond donors (Lipinski definition) is 3. The van der Waals surface area contributed by atoms with Crippen molar-refractivity contribution in [3.05, 3.63) is 0 Å². The predicted molar refractivity (Wildman–Crippen MR) is 47.5 cm³/mol. The van der Waals surface area contributed by atoms with Crippen molar-refractivity contribution in [2.75, 3.05) is 0 Å². The van der Waals surface area contributed by atoms with E-state index in [1.54, 1.807) is 6.92 Å². The highest BCUT2D eigenvalue weighted by Crippen LogP contribution is 2.00. The van der Waals surface area contributed by atoms with Gasteiger partial charge in [-0.3, -0.25) is 0 Å². The molecule has 0 rings (SSSR count). The van der Waals surface area contributed by atoms with Crippen LogP contribution in [0.5, 0.6) is 0 Å². The van der Waals surface area contributed by atoms with Gasteiger partial charge in [0.15, 0.2) is 0 Å². The van der Waals surface area contributed by atoms with Crippen LogP contribution >= 0.6 is 0 Å². The van der Waals surface area contributed by atoms with Gasteiger partial charge >= 0.3 is 16.3 Å². The molecule has 3 N–H and O–H groups in total. The van der Waals surface area contributed by atoms with Gasteiger partial charge in [-0.2, -0.15) is 13.1 Å². The summed E-state index contributed by atoms with van der Waals surface area (Å²) in [4.78, 5) is 10.0. The van der Waals surface area contributed by atoms with Gasteiger partial charge in [0.1, 0.15) is 0 Å². The van der Waals surface area contributed by atoms with Crippen LogP contribution in [0, 0.1) is 5.92 Å². The molecular formula is C6H14N2O4S. The Balaban J connectivity index is 4.26. The van der Waals surface area contributed by atoms with Crippen molar-refractivity contribution in [3.63, 3.8) is 0 Å². The second-order valence-electron chi connectivity index (χ2n) is 3.06. The number of nitrogens with one attached hydrogen (secondary N) is 2. The fourth-order valence-corrected chi connectivity index (χ4v) is 1.58. The lowest BCUT2D eigenvalue weighted by molar-refractivity contribution is 0.201. The monoisotopic (exact) mass is 210 g/mol. The van der Waals surface area contributed by atoms with Crippen molar-refractivity contribution in [2.45, 2.75) is 26.8 Å². The van der Waals surface area contributed by atoms with E-state index >= 15 is 0 Å². The van der Waals surface area contributed by atoms with Gasteiger partial charge in [0.2, 0.25) is 0 Å². The summed E-state index contributed by atoms with van der Waals surface area (Å²) >= 11 is 0. The molecule has 1 unspecified atom stereocenters. The average Bonchev–Trinajstić information content (AvgIpc) is 1.81. The Morgan fingerprint density at radius 3 is 2.08 bits per heavy atom. The van der Waals surface area contributed by atoms with Crippen molar-refractivity contribution in [1.82, 2.24) is 9.44 Å². The van der Waals surface area contributed by atoms with Crippen LogP contribution in [-0.2, 0) is 10.2 Å². The SMILES string of the molecule is CC(C)C(C)NS(=O)(=O)NC(=O)O. The summed E-state index contributed by atoms with van der Waals surface area (Å²) in [5.74, 6) is 0.102. The van der Waals surface area contributed by atoms with Crippen LogP contribution in [-0.4, -0.2) is 25.7 Å². The normalized spacial score (nSPS) is 14.2. The number of carbonyl (C=O) groups is 1. The average molecular weight is 210 g/mol. The zero-order valence-electron chi connectivity index (χ0n) is 7.73. The molecule has 0 aromatic heterocycles. The molecule has 0 radical (unpaired) electrons. The number of hydrogen-bond acceptors (Lipinski definition) is 3. The topological polar surface area (TPSA) is 95.5 Å². The molecule has 1 atom stereocenters. The second-order valence-corrected chi connectivity index (χ2v) is 4.51. The minimum Gasteiger partial charge on any atom is -0.464 e. The third-order valence-electron chi connectivity index (χ3n) is 1.56. The zero-order chi connectivity index (χ0) is 10.6. The fourth-order valence-electron chi connectivity index (χ4n) is 0.525. The van der Waals surface area contributed by atoms with E-state index in [2.05, 4.69) is 4.72 Å². The molecule has 7 heteroatoms. The summed E-state index contributed by atoms with van der Waals surface area (Å²) in [6.45, 7) is 5.31. The molecule has 0 saturated heterocycles. The fraction of sp³-hybridized carbons (Fsp3) is 0.833. The van der Waals surface area contributed by atoms with Crippen molar-refractivity contribution in [2.24, 2.45) is 5.92 Å². The van der Waals surface area contributed by atoms with Gasteiger partial charge in [0, 0.05) is 6.04 Å². The first kappa shape index (κ1) is 12.2. The van der Waals surface area contributed by atoms with Gasteiger partial charge in [-0.1, -0.05) is 13.8 Å². The summed E-state index contributed by atoms with van der Waals surface area (Å²) in [7, 11) is -3.92. The highest BCUT2D eigenvalue weighted by Gasteiger charge is 2.18. The van der Waals surface area contributed by atoms with Crippen LogP contribution in [0.1, 0.15) is 20.8 Å². The molecule has 0 bridgehead atoms. The lowest BCUT2D eigenvalue weighted by Gasteiger charge is -2.16. The van der Waals surface area contributed by atoms with E-state index in [9.17, 15) is 13.2 Å². The van der Waals surface area contributed by atoms with Crippen LogP contribution in [0.3, 0.4) is 0 Å². The van der Waals surface area contributed by atoms with E-state index in [1.165, 1.54) is 4.72 Å². The maximum absolute atomic E-state index is 11.0. The van der Waals surface area contributed by atoms with Crippen molar-refractivity contribution in [3.8, 4) is 0 Å². The molecule has 0 aliphatic rings. The van der Waals surface area contributed by atoms with Crippen molar-refractivity contribution < 1.29 is 18.3 Å². The summed E-state index contributed by atoms with van der Waals surface area (Å²) in [6.07, 6.45) is -1.59. The molecule has 0 spiro atoms. The molecular weight excluding hydrogens is 196 g/mol. The van der Waals surface area contributed by atoms with Crippen LogP contribution < -0.4 is 9.44 Å². The minimum absolute atomic E-state index is 0.102. The number of rotatable bonds is 4. The molecule has 0 saturated carbocycles. The van der Waals surface area contributed by atoms with E-state index in [0.717, 1.165) is 0 Å². The van der Waals surface area contributed by atoms with Crippen molar-refractivity contribution >= 4 is 16.3 Å². The van der Waals surface area contributed by atoms with Crippen LogP contribution in [0.15, 0.2) is 0 Å². The lowest BCUT2D eigenvalue weighted by Crippen LogP contribution is -2.45. The first-order valence-electron chi connectivity index (χ1n) is 3.77. The Bertz CT molecular complexity index is 272. The minimum atomic E-state index is -3.92. The zero-order valence-corrected chi connectivity index (χ0v) is 8.55. The molecule has 0 aliphatic carbocycles. The third kappa shape index (κ3) is 5.42. The Morgan fingerprint density at radius 1 is 1.31 bits per heavy atom. The maximum Gasteiger partial charge on any atom is 0.419 e. The van der Waals surface area contributed by atoms with Crippen LogP contribution in [0.4, 0.5) is 4.79 Å². The molecule has 0 aromatic carbocycles. The quantitative estimate of drug-likeness (QED) is 0.614. The Hall–Kier alpha value is -0.820. The molecule has 13 heavy (non-hydrogen) atoms. The Morgan fingerprint density at radius 2 is 1.77 bits per heavy atom. The highest BCUT2D eigenvalue weighted by atomic mass is 32.2. The highest BCUT2D eigenvalue weighted by molar-refractivity contribution is 7.88. The van der Waals surface area contributed by atoms with Gasteiger partial charge in [-0.05, 0) is 12.8 Å². The smallest absolute Gasteiger partial charge is 0.419 e. The van der Waals surface area contributed by atoms with Gasteiger partial charge < -0.3 is 5.11 Å². The molecule has 78 valence electrons. The number of amides is 1. The Kier molecular flexibility index (Phi) is 4.15. The van der Waals surface area contributed by atoms with Crippen molar-refractivity contribution in [1.29, 1.82) is 0 Å². The molecule has 6 nitrogen and oxygen atoms in total. The summed E-state index contributed by atoms with van der Waals surface area (Å²) in [5, 5.41) is 8.17. The van der Waals surface area contributed by atoms with Gasteiger partial charge in [-0.25, -0.2) is 9.52 Å². The van der Waals surface area contributed by atoms with Gasteiger partial charge in [-0.15, -0.1) is 0 Å². The van der Waals surface area contributed by atoms with Crippen LogP contribution in [0.25, 0.3) is 0 Å². The summed E-state index contributed by atoms with van der Waals surface area (Å²) in [5.41, 5.74) is 0.